The Hall–Kier alpha value is -2.96. The van der Waals surface area contributed by atoms with Crippen molar-refractivity contribution in [1.82, 2.24) is 0 Å². The van der Waals surface area contributed by atoms with Crippen molar-refractivity contribution in [2.75, 3.05) is 5.32 Å². The van der Waals surface area contributed by atoms with Crippen molar-refractivity contribution in [1.29, 1.82) is 0 Å². The second kappa shape index (κ2) is 9.30. The maximum atomic E-state index is 12.4. The third-order valence-electron chi connectivity index (χ3n) is 4.39. The third kappa shape index (κ3) is 5.28. The molecule has 0 saturated carbocycles. The van der Waals surface area contributed by atoms with Gasteiger partial charge in [-0.15, -0.1) is 0 Å². The molecule has 5 nitrogen and oxygen atoms in total. The second-order valence-electron chi connectivity index (χ2n) is 6.51. The number of carbonyl (C=O) groups excluding carboxylic acids is 1. The summed E-state index contributed by atoms with van der Waals surface area (Å²) in [5.74, 6) is -0.409. The normalized spacial score (nSPS) is 11.9. The van der Waals surface area contributed by atoms with Crippen LogP contribution in [0.15, 0.2) is 78.9 Å². The Balaban J connectivity index is 1.79. The Kier molecular flexibility index (Phi) is 6.57. The van der Waals surface area contributed by atoms with Crippen molar-refractivity contribution in [3.05, 3.63) is 90.0 Å². The van der Waals surface area contributed by atoms with Crippen LogP contribution in [0.1, 0.15) is 11.1 Å². The first kappa shape index (κ1) is 19.8. The maximum Gasteiger partial charge on any atom is 0.241 e. The van der Waals surface area contributed by atoms with Crippen molar-refractivity contribution >= 4 is 22.3 Å². The van der Waals surface area contributed by atoms with Crippen LogP contribution in [0.4, 0.5) is 5.69 Å². The van der Waals surface area contributed by atoms with Gasteiger partial charge in [-0.3, -0.25) is 4.79 Å². The highest BCUT2D eigenvalue weighted by Crippen LogP contribution is 2.27. The average molecular weight is 394 g/mol. The summed E-state index contributed by atoms with van der Waals surface area (Å²) in [7, 11) is -2.60. The van der Waals surface area contributed by atoms with Crippen molar-refractivity contribution in [2.45, 2.75) is 18.2 Å². The highest BCUT2D eigenvalue weighted by atomic mass is 32.2. The first-order chi connectivity index (χ1) is 13.5. The van der Waals surface area contributed by atoms with E-state index in [-0.39, 0.29) is 11.7 Å². The van der Waals surface area contributed by atoms with Gasteiger partial charge in [0.2, 0.25) is 5.91 Å². The summed E-state index contributed by atoms with van der Waals surface area (Å²) in [5, 5.41) is 2.79. The lowest BCUT2D eigenvalue weighted by atomic mass is 10.00. The van der Waals surface area contributed by atoms with Crippen LogP contribution in [0.3, 0.4) is 0 Å². The van der Waals surface area contributed by atoms with Crippen LogP contribution in [-0.4, -0.2) is 20.4 Å². The third-order valence-corrected chi connectivity index (χ3v) is 4.99. The lowest BCUT2D eigenvalue weighted by molar-refractivity contribution is -0.117. The molecule has 0 bridgehead atoms. The Morgan fingerprint density at radius 1 is 0.929 bits per heavy atom. The van der Waals surface area contributed by atoms with Gasteiger partial charge in [-0.2, -0.15) is 0 Å². The van der Waals surface area contributed by atoms with Gasteiger partial charge in [0.05, 0.1) is 11.8 Å². The van der Waals surface area contributed by atoms with Gasteiger partial charge < -0.3 is 11.1 Å². The number of nitrogens with two attached hydrogens (primary N) is 1. The minimum absolute atomic E-state index is 0.0979. The molecule has 0 aliphatic rings. The average Bonchev–Trinajstić information content (AvgIpc) is 2.69. The van der Waals surface area contributed by atoms with Gasteiger partial charge in [0, 0.05) is 5.69 Å². The molecule has 3 N–H and O–H groups in total. The van der Waals surface area contributed by atoms with Crippen LogP contribution in [0, 0.1) is 0 Å². The smallest absolute Gasteiger partial charge is 0.241 e. The fourth-order valence-corrected chi connectivity index (χ4v) is 3.58. The number of hydrogen-bond donors (Lipinski definition) is 3. The number of thiol groups is 1. The summed E-state index contributed by atoms with van der Waals surface area (Å²) in [4.78, 5) is 12.4. The van der Waals surface area contributed by atoms with Crippen molar-refractivity contribution < 1.29 is 13.2 Å². The zero-order valence-electron chi connectivity index (χ0n) is 15.2. The van der Waals surface area contributed by atoms with E-state index in [2.05, 4.69) is 5.32 Å². The van der Waals surface area contributed by atoms with E-state index in [0.717, 1.165) is 16.7 Å². The zero-order valence-corrected chi connectivity index (χ0v) is 16.1. The van der Waals surface area contributed by atoms with E-state index in [0.29, 0.717) is 17.7 Å². The number of nitrogens with one attached hydrogen (secondary N) is 1. The van der Waals surface area contributed by atoms with Crippen LogP contribution in [-0.2, 0) is 27.7 Å². The number of carbonyl (C=O) groups is 1. The molecule has 6 heteroatoms. The van der Waals surface area contributed by atoms with E-state index < -0.39 is 16.7 Å². The van der Waals surface area contributed by atoms with Gasteiger partial charge in [0.15, 0.2) is 0 Å². The van der Waals surface area contributed by atoms with Gasteiger partial charge >= 0.3 is 0 Å². The van der Waals surface area contributed by atoms with Gasteiger partial charge in [0.25, 0.3) is 0 Å². The molecule has 144 valence electrons. The molecule has 0 saturated heterocycles. The van der Waals surface area contributed by atoms with Crippen molar-refractivity contribution in [2.24, 2.45) is 5.73 Å². The van der Waals surface area contributed by atoms with E-state index in [1.165, 1.54) is 0 Å². The molecule has 3 aromatic carbocycles. The number of hydrogen-bond acceptors (Lipinski definition) is 4. The highest BCUT2D eigenvalue weighted by Gasteiger charge is 2.15. The van der Waals surface area contributed by atoms with Crippen molar-refractivity contribution in [3.8, 4) is 11.1 Å². The molecule has 3 rings (SSSR count). The quantitative estimate of drug-likeness (QED) is 0.538. The Bertz CT molecular complexity index is 1010. The van der Waals surface area contributed by atoms with E-state index in [9.17, 15) is 13.2 Å². The number of benzene rings is 3. The lowest BCUT2D eigenvalue weighted by Crippen LogP contribution is -2.37. The molecule has 28 heavy (non-hydrogen) atoms. The lowest BCUT2D eigenvalue weighted by Gasteiger charge is -2.15. The maximum absolute atomic E-state index is 12.4. The largest absolute Gasteiger partial charge is 0.325 e. The fourth-order valence-electron chi connectivity index (χ4n) is 3.04. The monoisotopic (exact) mass is 394 g/mol. The van der Waals surface area contributed by atoms with Crippen LogP contribution in [0.2, 0.25) is 0 Å². The molecule has 1 amide bonds. The summed E-state index contributed by atoms with van der Waals surface area (Å²) in [6.07, 6.45) is 0.425. The van der Waals surface area contributed by atoms with Gasteiger partial charge in [0.1, 0.15) is 10.7 Å². The second-order valence-corrected chi connectivity index (χ2v) is 7.50. The predicted molar refractivity (Wildman–Crippen MR) is 113 cm³/mol. The minimum atomic E-state index is -2.60. The van der Waals surface area contributed by atoms with Crippen LogP contribution < -0.4 is 11.1 Å². The molecule has 0 fully saturated rings. The molecular formula is C22H22N2O3S. The number of amides is 1. The first-order valence-electron chi connectivity index (χ1n) is 8.93. The van der Waals surface area contributed by atoms with Gasteiger partial charge in [-0.1, -0.05) is 66.7 Å². The standard InChI is InChI=1S/C22H22N2O3S/c23-21(13-16-7-3-1-4-8-16)22(25)24-19-11-12-20(17-9-5-2-6-10-17)18(14-19)15-28(26)27/h1-12,14,21,28H,13,15,23H2,(H,24,25)/t21-/m1/s1. The molecule has 0 aliphatic carbocycles. The Labute approximate surface area is 166 Å². The summed E-state index contributed by atoms with van der Waals surface area (Å²) in [6.45, 7) is 0. The molecule has 0 unspecified atom stereocenters. The highest BCUT2D eigenvalue weighted by molar-refractivity contribution is 7.71. The molecule has 0 spiro atoms. The van der Waals surface area contributed by atoms with E-state index in [4.69, 9.17) is 5.73 Å². The molecule has 0 aliphatic heterocycles. The van der Waals surface area contributed by atoms with E-state index in [1.807, 2.05) is 66.7 Å². The summed E-state index contributed by atoms with van der Waals surface area (Å²) in [5.41, 5.74) is 9.92. The number of anilines is 1. The van der Waals surface area contributed by atoms with E-state index >= 15 is 0 Å². The topological polar surface area (TPSA) is 89.3 Å². The molecule has 1 atom stereocenters. The molecule has 0 radical (unpaired) electrons. The SMILES string of the molecule is N[C@H](Cc1ccccc1)C(=O)Nc1ccc(-c2ccccc2)c(C[SH](=O)=O)c1. The van der Waals surface area contributed by atoms with Gasteiger partial charge in [-0.05, 0) is 40.8 Å². The minimum Gasteiger partial charge on any atom is -0.325 e. The molecular weight excluding hydrogens is 372 g/mol. The number of rotatable bonds is 7. The Morgan fingerprint density at radius 3 is 2.21 bits per heavy atom. The predicted octanol–water partition coefficient (Wildman–Crippen LogP) is 2.97. The molecule has 0 aromatic heterocycles. The molecule has 0 heterocycles. The van der Waals surface area contributed by atoms with Crippen LogP contribution in [0.25, 0.3) is 11.1 Å². The summed E-state index contributed by atoms with van der Waals surface area (Å²) >= 11 is 0. The van der Waals surface area contributed by atoms with Crippen LogP contribution in [0.5, 0.6) is 0 Å². The van der Waals surface area contributed by atoms with E-state index in [1.54, 1.807) is 12.1 Å². The molecule has 3 aromatic rings. The summed E-state index contributed by atoms with van der Waals surface area (Å²) in [6, 6.07) is 23.7. The Morgan fingerprint density at radius 2 is 1.57 bits per heavy atom. The van der Waals surface area contributed by atoms with Crippen molar-refractivity contribution in [3.63, 3.8) is 0 Å². The van der Waals surface area contributed by atoms with Crippen LogP contribution >= 0.6 is 0 Å². The first-order valence-corrected chi connectivity index (χ1v) is 10.3. The fraction of sp³-hybridized carbons (Fsp3) is 0.136. The van der Waals surface area contributed by atoms with Gasteiger partial charge in [-0.25, -0.2) is 8.42 Å². The summed E-state index contributed by atoms with van der Waals surface area (Å²) < 4.78 is 22.7. The zero-order chi connectivity index (χ0) is 19.9.